The Balaban J connectivity index is 1.80. The Morgan fingerprint density at radius 1 is 1.33 bits per heavy atom. The van der Waals surface area contributed by atoms with Crippen molar-refractivity contribution in [2.75, 3.05) is 17.6 Å². The number of halogens is 1. The summed E-state index contributed by atoms with van der Waals surface area (Å²) in [6.45, 7) is 2.84. The molecule has 18 heavy (non-hydrogen) atoms. The Labute approximate surface area is 119 Å². The van der Waals surface area contributed by atoms with Crippen LogP contribution in [0.15, 0.2) is 33.9 Å². The molecule has 1 heterocycles. The molecule has 4 nitrogen and oxygen atoms in total. The number of aromatic nitrogens is 3. The van der Waals surface area contributed by atoms with Crippen molar-refractivity contribution in [3.63, 3.8) is 0 Å². The third-order valence-corrected chi connectivity index (χ3v) is 4.29. The highest BCUT2D eigenvalue weighted by atomic mass is 79.9. The number of benzene rings is 1. The van der Waals surface area contributed by atoms with Gasteiger partial charge in [-0.1, -0.05) is 23.9 Å². The zero-order valence-electron chi connectivity index (χ0n) is 10.4. The Hall–Kier alpha value is -1.01. The second kappa shape index (κ2) is 6.24. The summed E-state index contributed by atoms with van der Waals surface area (Å²) in [5, 5.41) is 12.5. The van der Waals surface area contributed by atoms with E-state index in [-0.39, 0.29) is 0 Å². The largest absolute Gasteiger partial charge is 0.383 e. The highest BCUT2D eigenvalue weighted by Crippen LogP contribution is 2.21. The van der Waals surface area contributed by atoms with Crippen molar-refractivity contribution in [2.45, 2.75) is 12.1 Å². The number of hydrogen-bond acceptors (Lipinski definition) is 4. The van der Waals surface area contributed by atoms with Crippen molar-refractivity contribution in [3.8, 4) is 0 Å². The van der Waals surface area contributed by atoms with Gasteiger partial charge in [-0.05, 0) is 35.0 Å². The van der Waals surface area contributed by atoms with E-state index >= 15 is 0 Å². The fourth-order valence-electron chi connectivity index (χ4n) is 1.45. The molecule has 0 aliphatic heterocycles. The lowest BCUT2D eigenvalue weighted by atomic mass is 10.3. The molecule has 1 aromatic heterocycles. The predicted octanol–water partition coefficient (Wildman–Crippen LogP) is 3.09. The monoisotopic (exact) mass is 326 g/mol. The van der Waals surface area contributed by atoms with Crippen LogP contribution in [0.2, 0.25) is 0 Å². The van der Waals surface area contributed by atoms with E-state index in [1.165, 1.54) is 0 Å². The summed E-state index contributed by atoms with van der Waals surface area (Å²) in [5.74, 6) is 1.89. The molecule has 0 bridgehead atoms. The molecule has 0 radical (unpaired) electrons. The van der Waals surface area contributed by atoms with Crippen molar-refractivity contribution in [1.82, 2.24) is 14.8 Å². The summed E-state index contributed by atoms with van der Waals surface area (Å²) in [4.78, 5) is 0. The quantitative estimate of drug-likeness (QED) is 0.677. The lowest BCUT2D eigenvalue weighted by molar-refractivity contribution is 0.765. The Morgan fingerprint density at radius 2 is 2.11 bits per heavy atom. The van der Waals surface area contributed by atoms with Crippen LogP contribution in [0.4, 0.5) is 5.69 Å². The molecule has 0 atom stereocenters. The van der Waals surface area contributed by atoms with E-state index in [0.717, 1.165) is 33.4 Å². The maximum absolute atomic E-state index is 4.12. The molecule has 0 amide bonds. The molecule has 2 aromatic rings. The van der Waals surface area contributed by atoms with Gasteiger partial charge in [0.2, 0.25) is 0 Å². The number of anilines is 1. The van der Waals surface area contributed by atoms with Gasteiger partial charge in [-0.3, -0.25) is 0 Å². The molecular weight excluding hydrogens is 312 g/mol. The first-order chi connectivity index (χ1) is 8.68. The van der Waals surface area contributed by atoms with E-state index in [0.29, 0.717) is 0 Å². The van der Waals surface area contributed by atoms with Gasteiger partial charge in [0.25, 0.3) is 0 Å². The summed E-state index contributed by atoms with van der Waals surface area (Å²) >= 11 is 5.22. The van der Waals surface area contributed by atoms with Crippen LogP contribution in [0.25, 0.3) is 0 Å². The number of para-hydroxylation sites is 1. The van der Waals surface area contributed by atoms with E-state index in [4.69, 9.17) is 0 Å². The second-order valence-corrected chi connectivity index (χ2v) is 5.76. The number of thioether (sulfide) groups is 1. The molecule has 0 saturated heterocycles. The zero-order chi connectivity index (χ0) is 13.0. The molecule has 6 heteroatoms. The number of nitrogens with zero attached hydrogens (tertiary/aromatic N) is 3. The van der Waals surface area contributed by atoms with Gasteiger partial charge in [0.15, 0.2) is 5.16 Å². The lowest BCUT2D eigenvalue weighted by Gasteiger charge is -2.07. The predicted molar refractivity (Wildman–Crippen MR) is 79.1 cm³/mol. The van der Waals surface area contributed by atoms with Crippen molar-refractivity contribution in [3.05, 3.63) is 34.6 Å². The van der Waals surface area contributed by atoms with Gasteiger partial charge in [0, 0.05) is 29.5 Å². The fraction of sp³-hybridized carbons (Fsp3) is 0.333. The SMILES string of the molecule is Cc1nnc(SCCNc2ccccc2Br)n1C. The minimum absolute atomic E-state index is 0.888. The van der Waals surface area contributed by atoms with Crippen molar-refractivity contribution in [1.29, 1.82) is 0 Å². The van der Waals surface area contributed by atoms with Crippen LogP contribution < -0.4 is 5.32 Å². The van der Waals surface area contributed by atoms with Crippen LogP contribution in [0.5, 0.6) is 0 Å². The lowest BCUT2D eigenvalue weighted by Crippen LogP contribution is -2.05. The molecule has 2 rings (SSSR count). The number of rotatable bonds is 5. The molecule has 1 N–H and O–H groups in total. The van der Waals surface area contributed by atoms with Crippen LogP contribution >= 0.6 is 27.7 Å². The van der Waals surface area contributed by atoms with Crippen LogP contribution in [0.1, 0.15) is 5.82 Å². The van der Waals surface area contributed by atoms with Crippen LogP contribution in [-0.4, -0.2) is 27.1 Å². The molecule has 0 spiro atoms. The Kier molecular flexibility index (Phi) is 4.66. The van der Waals surface area contributed by atoms with Gasteiger partial charge in [0.1, 0.15) is 5.82 Å². The summed E-state index contributed by atoms with van der Waals surface area (Å²) in [6.07, 6.45) is 0. The van der Waals surface area contributed by atoms with E-state index in [9.17, 15) is 0 Å². The van der Waals surface area contributed by atoms with Gasteiger partial charge in [-0.25, -0.2) is 0 Å². The van der Waals surface area contributed by atoms with Crippen molar-refractivity contribution >= 4 is 33.4 Å². The minimum atomic E-state index is 0.888. The third kappa shape index (κ3) is 3.26. The Bertz CT molecular complexity index is 527. The first-order valence-electron chi connectivity index (χ1n) is 5.65. The van der Waals surface area contributed by atoms with Gasteiger partial charge in [-0.15, -0.1) is 10.2 Å². The summed E-state index contributed by atoms with van der Waals surface area (Å²) in [7, 11) is 1.98. The third-order valence-electron chi connectivity index (χ3n) is 2.58. The van der Waals surface area contributed by atoms with Gasteiger partial charge in [-0.2, -0.15) is 0 Å². The standard InChI is InChI=1S/C12H15BrN4S/c1-9-15-16-12(17(9)2)18-8-7-14-11-6-4-3-5-10(11)13/h3-6,14H,7-8H2,1-2H3. The summed E-state index contributed by atoms with van der Waals surface area (Å²) < 4.78 is 3.09. The molecule has 1 aromatic carbocycles. The van der Waals surface area contributed by atoms with Crippen molar-refractivity contribution in [2.24, 2.45) is 7.05 Å². The van der Waals surface area contributed by atoms with E-state index in [2.05, 4.69) is 37.5 Å². The first kappa shape index (κ1) is 13.4. The summed E-state index contributed by atoms with van der Waals surface area (Å²) in [6, 6.07) is 8.11. The van der Waals surface area contributed by atoms with Gasteiger partial charge >= 0.3 is 0 Å². The first-order valence-corrected chi connectivity index (χ1v) is 7.43. The zero-order valence-corrected chi connectivity index (χ0v) is 12.8. The molecular formula is C12H15BrN4S. The maximum atomic E-state index is 4.12. The van der Waals surface area contributed by atoms with Crippen LogP contribution in [0.3, 0.4) is 0 Å². The normalized spacial score (nSPS) is 10.6. The Morgan fingerprint density at radius 3 is 2.78 bits per heavy atom. The topological polar surface area (TPSA) is 42.7 Å². The van der Waals surface area contributed by atoms with E-state index < -0.39 is 0 Å². The average Bonchev–Trinajstić information content (AvgIpc) is 2.68. The van der Waals surface area contributed by atoms with Crippen LogP contribution in [0, 0.1) is 6.92 Å². The molecule has 96 valence electrons. The molecule has 0 unspecified atom stereocenters. The molecule has 0 aliphatic carbocycles. The number of hydrogen-bond donors (Lipinski definition) is 1. The minimum Gasteiger partial charge on any atom is -0.383 e. The highest BCUT2D eigenvalue weighted by Gasteiger charge is 2.04. The fourth-order valence-corrected chi connectivity index (χ4v) is 2.68. The maximum Gasteiger partial charge on any atom is 0.191 e. The van der Waals surface area contributed by atoms with E-state index in [1.807, 2.05) is 36.7 Å². The second-order valence-electron chi connectivity index (χ2n) is 3.84. The van der Waals surface area contributed by atoms with Gasteiger partial charge < -0.3 is 9.88 Å². The number of aryl methyl sites for hydroxylation is 1. The number of nitrogens with one attached hydrogen (secondary N) is 1. The van der Waals surface area contributed by atoms with Crippen LogP contribution in [-0.2, 0) is 7.05 Å². The average molecular weight is 327 g/mol. The summed E-state index contributed by atoms with van der Waals surface area (Å²) in [5.41, 5.74) is 1.12. The van der Waals surface area contributed by atoms with Crippen molar-refractivity contribution < 1.29 is 0 Å². The molecule has 0 saturated carbocycles. The highest BCUT2D eigenvalue weighted by molar-refractivity contribution is 9.10. The molecule has 0 aliphatic rings. The van der Waals surface area contributed by atoms with Gasteiger partial charge in [0.05, 0.1) is 0 Å². The van der Waals surface area contributed by atoms with E-state index in [1.54, 1.807) is 11.8 Å². The smallest absolute Gasteiger partial charge is 0.191 e. The molecule has 0 fully saturated rings.